The zero-order valence-corrected chi connectivity index (χ0v) is 12.3. The Hall–Kier alpha value is -1.42. The zero-order chi connectivity index (χ0) is 14.0. The van der Waals surface area contributed by atoms with Crippen LogP contribution in [0.3, 0.4) is 0 Å². The van der Waals surface area contributed by atoms with Gasteiger partial charge in [-0.1, -0.05) is 15.9 Å². The number of nitrogens with one attached hydrogen (secondary N) is 1. The highest BCUT2D eigenvalue weighted by Crippen LogP contribution is 2.25. The van der Waals surface area contributed by atoms with E-state index in [4.69, 9.17) is 0 Å². The van der Waals surface area contributed by atoms with Crippen molar-refractivity contribution in [2.45, 2.75) is 19.9 Å². The smallest absolute Gasteiger partial charge is 0.128 e. The lowest BCUT2D eigenvalue weighted by Gasteiger charge is -2.17. The number of anilines is 1. The van der Waals surface area contributed by atoms with Crippen LogP contribution in [0.15, 0.2) is 40.9 Å². The molecule has 1 atom stereocenters. The number of benzene rings is 2. The average molecular weight is 326 g/mol. The van der Waals surface area contributed by atoms with Crippen molar-refractivity contribution in [1.82, 2.24) is 0 Å². The van der Waals surface area contributed by atoms with Crippen LogP contribution in [0.5, 0.6) is 0 Å². The number of halogens is 3. The summed E-state index contributed by atoms with van der Waals surface area (Å²) in [6.07, 6.45) is 0. The average Bonchev–Trinajstić information content (AvgIpc) is 2.30. The van der Waals surface area contributed by atoms with Crippen LogP contribution < -0.4 is 5.32 Å². The number of hydrogen-bond donors (Lipinski definition) is 1. The van der Waals surface area contributed by atoms with Crippen LogP contribution in [0.4, 0.5) is 14.5 Å². The van der Waals surface area contributed by atoms with Crippen molar-refractivity contribution in [3.63, 3.8) is 0 Å². The van der Waals surface area contributed by atoms with Crippen molar-refractivity contribution < 1.29 is 8.78 Å². The molecular formula is C15H14BrF2N. The molecule has 0 amide bonds. The van der Waals surface area contributed by atoms with Gasteiger partial charge in [0.15, 0.2) is 0 Å². The fraction of sp³-hybridized carbons (Fsp3) is 0.200. The molecule has 0 aliphatic carbocycles. The molecule has 0 aromatic heterocycles. The highest BCUT2D eigenvalue weighted by atomic mass is 79.9. The maximum Gasteiger partial charge on any atom is 0.128 e. The van der Waals surface area contributed by atoms with Crippen molar-refractivity contribution in [2.24, 2.45) is 0 Å². The van der Waals surface area contributed by atoms with Crippen LogP contribution in [0.25, 0.3) is 0 Å². The minimum atomic E-state index is -0.301. The van der Waals surface area contributed by atoms with E-state index >= 15 is 0 Å². The highest BCUT2D eigenvalue weighted by molar-refractivity contribution is 9.10. The summed E-state index contributed by atoms with van der Waals surface area (Å²) in [5.41, 5.74) is 2.00. The first-order valence-corrected chi connectivity index (χ1v) is 6.73. The van der Waals surface area contributed by atoms with Gasteiger partial charge in [0.05, 0.1) is 6.04 Å². The predicted octanol–water partition coefficient (Wildman–Crippen LogP) is 5.21. The first kappa shape index (κ1) is 14.0. The molecule has 0 aliphatic rings. The molecule has 0 aliphatic heterocycles. The van der Waals surface area contributed by atoms with Crippen molar-refractivity contribution in [2.75, 3.05) is 5.32 Å². The van der Waals surface area contributed by atoms with E-state index in [1.165, 1.54) is 18.2 Å². The molecule has 0 spiro atoms. The minimum absolute atomic E-state index is 0.251. The second-order valence-corrected chi connectivity index (χ2v) is 5.46. The molecule has 0 radical (unpaired) electrons. The summed E-state index contributed by atoms with van der Waals surface area (Å²) in [6.45, 7) is 3.66. The molecule has 0 saturated carbocycles. The molecular weight excluding hydrogens is 312 g/mol. The maximum atomic E-state index is 13.7. The van der Waals surface area contributed by atoms with E-state index in [0.29, 0.717) is 11.3 Å². The van der Waals surface area contributed by atoms with Crippen LogP contribution in [-0.4, -0.2) is 0 Å². The predicted molar refractivity (Wildman–Crippen MR) is 77.3 cm³/mol. The molecule has 1 unspecified atom stereocenters. The Morgan fingerprint density at radius 3 is 2.53 bits per heavy atom. The molecule has 1 N–H and O–H groups in total. The lowest BCUT2D eigenvalue weighted by Crippen LogP contribution is -2.09. The fourth-order valence-electron chi connectivity index (χ4n) is 1.99. The molecule has 0 fully saturated rings. The van der Waals surface area contributed by atoms with Gasteiger partial charge in [0, 0.05) is 15.7 Å². The van der Waals surface area contributed by atoms with Crippen LogP contribution >= 0.6 is 15.9 Å². The summed E-state index contributed by atoms with van der Waals surface area (Å²) in [6, 6.07) is 9.22. The molecule has 0 saturated heterocycles. The Balaban J connectivity index is 2.25. The van der Waals surface area contributed by atoms with Gasteiger partial charge in [-0.15, -0.1) is 0 Å². The molecule has 0 heterocycles. The van der Waals surface area contributed by atoms with E-state index in [1.54, 1.807) is 12.1 Å². The summed E-state index contributed by atoms with van der Waals surface area (Å²) < 4.78 is 27.9. The minimum Gasteiger partial charge on any atom is -0.378 e. The molecule has 2 aromatic rings. The normalized spacial score (nSPS) is 12.3. The van der Waals surface area contributed by atoms with Crippen LogP contribution in [0, 0.1) is 18.6 Å². The summed E-state index contributed by atoms with van der Waals surface area (Å²) in [5.74, 6) is -0.583. The third-order valence-electron chi connectivity index (χ3n) is 2.85. The van der Waals surface area contributed by atoms with E-state index in [1.807, 2.05) is 19.9 Å². The van der Waals surface area contributed by atoms with Gasteiger partial charge in [-0.2, -0.15) is 0 Å². The van der Waals surface area contributed by atoms with Crippen molar-refractivity contribution in [3.05, 3.63) is 63.6 Å². The Morgan fingerprint density at radius 1 is 1.11 bits per heavy atom. The Kier molecular flexibility index (Phi) is 4.20. The van der Waals surface area contributed by atoms with Crippen molar-refractivity contribution in [1.29, 1.82) is 0 Å². The van der Waals surface area contributed by atoms with Gasteiger partial charge in [0.2, 0.25) is 0 Å². The molecule has 2 aromatic carbocycles. The highest BCUT2D eigenvalue weighted by Gasteiger charge is 2.11. The SMILES string of the molecule is Cc1cc(F)cc(NC(C)c2cc(Br)ccc2F)c1. The number of hydrogen-bond acceptors (Lipinski definition) is 1. The third kappa shape index (κ3) is 3.53. The van der Waals surface area contributed by atoms with Gasteiger partial charge >= 0.3 is 0 Å². The molecule has 4 heteroatoms. The van der Waals surface area contributed by atoms with E-state index in [9.17, 15) is 8.78 Å². The zero-order valence-electron chi connectivity index (χ0n) is 10.7. The quantitative estimate of drug-likeness (QED) is 0.816. The van der Waals surface area contributed by atoms with Gasteiger partial charge < -0.3 is 5.32 Å². The standard InChI is InChI=1S/C15H14BrF2N/c1-9-5-12(17)8-13(6-9)19-10(2)14-7-11(16)3-4-15(14)18/h3-8,10,19H,1-2H3. The van der Waals surface area contributed by atoms with Crippen LogP contribution in [-0.2, 0) is 0 Å². The number of aryl methyl sites for hydroxylation is 1. The molecule has 1 nitrogen and oxygen atoms in total. The molecule has 0 bridgehead atoms. The van der Waals surface area contributed by atoms with Crippen LogP contribution in [0.2, 0.25) is 0 Å². The first-order chi connectivity index (χ1) is 8.95. The molecule has 2 rings (SSSR count). The molecule has 19 heavy (non-hydrogen) atoms. The largest absolute Gasteiger partial charge is 0.378 e. The van der Waals surface area contributed by atoms with Gasteiger partial charge in [0.1, 0.15) is 11.6 Å². The molecule has 100 valence electrons. The van der Waals surface area contributed by atoms with Gasteiger partial charge in [-0.25, -0.2) is 8.78 Å². The third-order valence-corrected chi connectivity index (χ3v) is 3.34. The second kappa shape index (κ2) is 5.70. The van der Waals surface area contributed by atoms with Crippen LogP contribution in [0.1, 0.15) is 24.1 Å². The summed E-state index contributed by atoms with van der Waals surface area (Å²) in [4.78, 5) is 0. The van der Waals surface area contributed by atoms with E-state index in [0.717, 1.165) is 10.0 Å². The summed E-state index contributed by atoms with van der Waals surface area (Å²) >= 11 is 3.32. The Labute approximate surface area is 119 Å². The fourth-order valence-corrected chi connectivity index (χ4v) is 2.37. The van der Waals surface area contributed by atoms with E-state index in [2.05, 4.69) is 21.2 Å². The second-order valence-electron chi connectivity index (χ2n) is 4.55. The topological polar surface area (TPSA) is 12.0 Å². The van der Waals surface area contributed by atoms with Gasteiger partial charge in [0.25, 0.3) is 0 Å². The summed E-state index contributed by atoms with van der Waals surface area (Å²) in [5, 5.41) is 3.11. The maximum absolute atomic E-state index is 13.7. The lowest BCUT2D eigenvalue weighted by atomic mass is 10.1. The van der Waals surface area contributed by atoms with Gasteiger partial charge in [-0.05, 0) is 55.8 Å². The van der Waals surface area contributed by atoms with Gasteiger partial charge in [-0.3, -0.25) is 0 Å². The van der Waals surface area contributed by atoms with Crippen molar-refractivity contribution in [3.8, 4) is 0 Å². The monoisotopic (exact) mass is 325 g/mol. The summed E-state index contributed by atoms with van der Waals surface area (Å²) in [7, 11) is 0. The lowest BCUT2D eigenvalue weighted by molar-refractivity contribution is 0.599. The van der Waals surface area contributed by atoms with E-state index in [-0.39, 0.29) is 17.7 Å². The Bertz CT molecular complexity index is 578. The van der Waals surface area contributed by atoms with E-state index < -0.39 is 0 Å². The first-order valence-electron chi connectivity index (χ1n) is 5.94. The number of rotatable bonds is 3. The van der Waals surface area contributed by atoms with Crippen molar-refractivity contribution >= 4 is 21.6 Å². The Morgan fingerprint density at radius 2 is 1.84 bits per heavy atom.